The Kier molecular flexibility index (Phi) is 5.76. The highest BCUT2D eigenvalue weighted by Crippen LogP contribution is 2.12. The minimum Gasteiger partial charge on any atom is -0.399 e. The van der Waals surface area contributed by atoms with Gasteiger partial charge in [0.1, 0.15) is 5.82 Å². The quantitative estimate of drug-likeness (QED) is 0.777. The zero-order chi connectivity index (χ0) is 14.4. The normalized spacial score (nSPS) is 12.5. The van der Waals surface area contributed by atoms with Crippen molar-refractivity contribution in [1.82, 2.24) is 5.32 Å². The first kappa shape index (κ1) is 15.4. The van der Waals surface area contributed by atoms with E-state index in [-0.39, 0.29) is 29.1 Å². The zero-order valence-electron chi connectivity index (χ0n) is 11.6. The molecule has 0 saturated heterocycles. The summed E-state index contributed by atoms with van der Waals surface area (Å²) < 4.78 is 18.5. The second-order valence-corrected chi connectivity index (χ2v) is 4.76. The van der Waals surface area contributed by atoms with Crippen molar-refractivity contribution in [3.8, 4) is 0 Å². The van der Waals surface area contributed by atoms with Crippen molar-refractivity contribution in [2.75, 3.05) is 18.9 Å². The molecule has 19 heavy (non-hydrogen) atoms. The number of carbonyl (C=O) groups excluding carboxylic acids is 1. The Morgan fingerprint density at radius 3 is 2.63 bits per heavy atom. The molecular formula is C14H21FN2O2. The van der Waals surface area contributed by atoms with Crippen molar-refractivity contribution in [3.63, 3.8) is 0 Å². The Bertz CT molecular complexity index is 415. The number of anilines is 1. The first-order valence-electron chi connectivity index (χ1n) is 6.38. The highest BCUT2D eigenvalue weighted by molar-refractivity contribution is 5.95. The third kappa shape index (κ3) is 4.87. The molecule has 1 aromatic carbocycles. The summed E-state index contributed by atoms with van der Waals surface area (Å²) in [6, 6.07) is 3.69. The zero-order valence-corrected chi connectivity index (χ0v) is 11.6. The summed E-state index contributed by atoms with van der Waals surface area (Å²) in [5.74, 6) is -0.637. The number of nitrogen functional groups attached to an aromatic ring is 1. The predicted molar refractivity (Wildman–Crippen MR) is 73.4 cm³/mol. The number of ether oxygens (including phenoxy) is 1. The monoisotopic (exact) mass is 268 g/mol. The number of rotatable bonds is 6. The summed E-state index contributed by atoms with van der Waals surface area (Å²) in [5, 5.41) is 2.84. The molecule has 0 fully saturated rings. The Morgan fingerprint density at radius 2 is 2.11 bits per heavy atom. The van der Waals surface area contributed by atoms with Crippen LogP contribution >= 0.6 is 0 Å². The second kappa shape index (κ2) is 7.09. The minimum atomic E-state index is -0.518. The van der Waals surface area contributed by atoms with Crippen LogP contribution in [0.25, 0.3) is 0 Å². The van der Waals surface area contributed by atoms with E-state index in [2.05, 4.69) is 5.32 Å². The van der Waals surface area contributed by atoms with Gasteiger partial charge in [-0.2, -0.15) is 0 Å². The molecule has 0 aliphatic rings. The number of hydrogen-bond donors (Lipinski definition) is 2. The van der Waals surface area contributed by atoms with Gasteiger partial charge in [-0.1, -0.05) is 13.8 Å². The lowest BCUT2D eigenvalue weighted by Gasteiger charge is -2.22. The van der Waals surface area contributed by atoms with Gasteiger partial charge in [-0.25, -0.2) is 4.39 Å². The van der Waals surface area contributed by atoms with Crippen LogP contribution in [0.15, 0.2) is 18.2 Å². The maximum absolute atomic E-state index is 13.2. The van der Waals surface area contributed by atoms with Crippen molar-refractivity contribution in [2.24, 2.45) is 5.92 Å². The van der Waals surface area contributed by atoms with Gasteiger partial charge in [0.25, 0.3) is 5.91 Å². The van der Waals surface area contributed by atoms with E-state index in [0.29, 0.717) is 13.2 Å². The fraction of sp³-hybridized carbons (Fsp3) is 0.500. The van der Waals surface area contributed by atoms with Crippen LogP contribution < -0.4 is 11.1 Å². The summed E-state index contributed by atoms with van der Waals surface area (Å²) in [6.45, 7) is 6.90. The average molecular weight is 268 g/mol. The molecule has 1 aromatic rings. The van der Waals surface area contributed by atoms with Crippen molar-refractivity contribution in [2.45, 2.75) is 26.8 Å². The van der Waals surface area contributed by atoms with E-state index in [1.807, 2.05) is 20.8 Å². The van der Waals surface area contributed by atoms with Crippen LogP contribution in [0.1, 0.15) is 31.1 Å². The fourth-order valence-corrected chi connectivity index (χ4v) is 1.64. The van der Waals surface area contributed by atoms with E-state index < -0.39 is 5.82 Å². The molecule has 106 valence electrons. The summed E-state index contributed by atoms with van der Waals surface area (Å²) >= 11 is 0. The molecule has 0 aliphatic carbocycles. The van der Waals surface area contributed by atoms with Crippen LogP contribution in [-0.2, 0) is 4.74 Å². The Labute approximate surface area is 113 Å². The van der Waals surface area contributed by atoms with Gasteiger partial charge in [0.05, 0.1) is 12.6 Å². The largest absolute Gasteiger partial charge is 0.399 e. The average Bonchev–Trinajstić information content (AvgIpc) is 2.32. The Balaban J connectivity index is 2.75. The van der Waals surface area contributed by atoms with E-state index >= 15 is 0 Å². The maximum Gasteiger partial charge on any atom is 0.251 e. The SMILES string of the molecule is CCOCC(NC(=O)c1cc(N)cc(F)c1)C(C)C. The van der Waals surface area contributed by atoms with Crippen LogP contribution in [0.2, 0.25) is 0 Å². The molecular weight excluding hydrogens is 247 g/mol. The van der Waals surface area contributed by atoms with Gasteiger partial charge in [-0.15, -0.1) is 0 Å². The molecule has 0 aliphatic heterocycles. The molecule has 0 heterocycles. The lowest BCUT2D eigenvalue weighted by Crippen LogP contribution is -2.42. The number of nitrogens with two attached hydrogens (primary N) is 1. The van der Waals surface area contributed by atoms with Crippen LogP contribution in [0.3, 0.4) is 0 Å². The lowest BCUT2D eigenvalue weighted by molar-refractivity contribution is 0.0806. The van der Waals surface area contributed by atoms with Crippen LogP contribution in [0.4, 0.5) is 10.1 Å². The Hall–Kier alpha value is -1.62. The van der Waals surface area contributed by atoms with Crippen molar-refractivity contribution < 1.29 is 13.9 Å². The van der Waals surface area contributed by atoms with Crippen molar-refractivity contribution in [1.29, 1.82) is 0 Å². The predicted octanol–water partition coefficient (Wildman–Crippen LogP) is 2.20. The molecule has 0 aromatic heterocycles. The van der Waals surface area contributed by atoms with E-state index in [1.165, 1.54) is 18.2 Å². The lowest BCUT2D eigenvalue weighted by atomic mass is 10.0. The van der Waals surface area contributed by atoms with E-state index in [0.717, 1.165) is 0 Å². The smallest absolute Gasteiger partial charge is 0.251 e. The van der Waals surface area contributed by atoms with Gasteiger partial charge in [0, 0.05) is 17.9 Å². The first-order valence-corrected chi connectivity index (χ1v) is 6.38. The topological polar surface area (TPSA) is 64.3 Å². The number of halogens is 1. The van der Waals surface area contributed by atoms with Crippen LogP contribution in [0.5, 0.6) is 0 Å². The molecule has 0 saturated carbocycles. The number of amides is 1. The number of benzene rings is 1. The van der Waals surface area contributed by atoms with Crippen molar-refractivity contribution in [3.05, 3.63) is 29.6 Å². The number of nitrogens with one attached hydrogen (secondary N) is 1. The molecule has 1 unspecified atom stereocenters. The molecule has 1 rings (SSSR count). The molecule has 5 heteroatoms. The summed E-state index contributed by atoms with van der Waals surface area (Å²) in [5.41, 5.74) is 5.98. The highest BCUT2D eigenvalue weighted by atomic mass is 19.1. The molecule has 1 amide bonds. The third-order valence-corrected chi connectivity index (χ3v) is 2.81. The molecule has 0 bridgehead atoms. The summed E-state index contributed by atoms with van der Waals surface area (Å²) in [4.78, 5) is 12.0. The first-order chi connectivity index (χ1) is 8.93. The molecule has 1 atom stereocenters. The van der Waals surface area contributed by atoms with Gasteiger partial charge in [0.2, 0.25) is 0 Å². The van der Waals surface area contributed by atoms with E-state index in [4.69, 9.17) is 10.5 Å². The summed E-state index contributed by atoms with van der Waals surface area (Å²) in [7, 11) is 0. The van der Waals surface area contributed by atoms with E-state index in [9.17, 15) is 9.18 Å². The minimum absolute atomic E-state index is 0.114. The second-order valence-electron chi connectivity index (χ2n) is 4.76. The van der Waals surface area contributed by atoms with E-state index in [1.54, 1.807) is 0 Å². The third-order valence-electron chi connectivity index (χ3n) is 2.81. The van der Waals surface area contributed by atoms with Gasteiger partial charge in [-0.05, 0) is 31.0 Å². The Morgan fingerprint density at radius 1 is 1.42 bits per heavy atom. The molecule has 4 nitrogen and oxygen atoms in total. The molecule has 0 spiro atoms. The van der Waals surface area contributed by atoms with Crippen LogP contribution in [-0.4, -0.2) is 25.2 Å². The van der Waals surface area contributed by atoms with Gasteiger partial charge >= 0.3 is 0 Å². The molecule has 0 radical (unpaired) electrons. The van der Waals surface area contributed by atoms with Crippen molar-refractivity contribution >= 4 is 11.6 Å². The molecule has 3 N–H and O–H groups in total. The highest BCUT2D eigenvalue weighted by Gasteiger charge is 2.17. The van der Waals surface area contributed by atoms with Crippen LogP contribution in [0, 0.1) is 11.7 Å². The number of carbonyl (C=O) groups is 1. The number of hydrogen-bond acceptors (Lipinski definition) is 3. The van der Waals surface area contributed by atoms with Gasteiger partial charge in [-0.3, -0.25) is 4.79 Å². The standard InChI is InChI=1S/C14H21FN2O2/c1-4-19-8-13(9(2)3)17-14(18)10-5-11(15)7-12(16)6-10/h5-7,9,13H,4,8,16H2,1-3H3,(H,17,18). The van der Waals surface area contributed by atoms with Gasteiger partial charge < -0.3 is 15.8 Å². The fourth-order valence-electron chi connectivity index (χ4n) is 1.64. The maximum atomic E-state index is 13.2. The summed E-state index contributed by atoms with van der Waals surface area (Å²) in [6.07, 6.45) is 0. The van der Waals surface area contributed by atoms with Gasteiger partial charge in [0.15, 0.2) is 0 Å².